The van der Waals surface area contributed by atoms with Crippen molar-refractivity contribution in [1.82, 2.24) is 9.88 Å². The summed E-state index contributed by atoms with van der Waals surface area (Å²) in [6, 6.07) is 1.50. The summed E-state index contributed by atoms with van der Waals surface area (Å²) in [4.78, 5) is 12.2. The Morgan fingerprint density at radius 2 is 2.24 bits per heavy atom. The van der Waals surface area contributed by atoms with Crippen molar-refractivity contribution < 1.29 is 17.9 Å². The molecule has 0 radical (unpaired) electrons. The number of sulfonamides is 1. The molecule has 1 aromatic heterocycles. The van der Waals surface area contributed by atoms with E-state index < -0.39 is 10.0 Å². The number of methoxy groups -OCH3 is 1. The van der Waals surface area contributed by atoms with Crippen molar-refractivity contribution in [2.75, 3.05) is 13.7 Å². The Labute approximate surface area is 124 Å². The molecule has 21 heavy (non-hydrogen) atoms. The van der Waals surface area contributed by atoms with Gasteiger partial charge >= 0.3 is 0 Å². The second kappa shape index (κ2) is 6.17. The van der Waals surface area contributed by atoms with Crippen LogP contribution in [-0.2, 0) is 14.8 Å². The molecule has 1 aromatic rings. The van der Waals surface area contributed by atoms with Gasteiger partial charge in [0.25, 0.3) is 5.91 Å². The number of nitrogens with one attached hydrogen (secondary N) is 1. The minimum absolute atomic E-state index is 0.0284. The Morgan fingerprint density at radius 3 is 2.71 bits per heavy atom. The maximum absolute atomic E-state index is 12.2. The molecule has 2 rings (SSSR count). The van der Waals surface area contributed by atoms with E-state index in [0.29, 0.717) is 12.2 Å². The van der Waals surface area contributed by atoms with Crippen molar-refractivity contribution in [3.63, 3.8) is 0 Å². The lowest BCUT2D eigenvalue weighted by Gasteiger charge is -2.28. The first-order valence-corrected chi connectivity index (χ1v) is 8.43. The predicted molar refractivity (Wildman–Crippen MR) is 77.5 cm³/mol. The van der Waals surface area contributed by atoms with Crippen molar-refractivity contribution in [1.29, 1.82) is 0 Å². The maximum atomic E-state index is 12.2. The van der Waals surface area contributed by atoms with Gasteiger partial charge in [-0.2, -0.15) is 0 Å². The van der Waals surface area contributed by atoms with Gasteiger partial charge < -0.3 is 14.6 Å². The fourth-order valence-corrected chi connectivity index (χ4v) is 2.71. The predicted octanol–water partition coefficient (Wildman–Crippen LogP) is 0.625. The molecule has 0 aromatic carbocycles. The summed E-state index contributed by atoms with van der Waals surface area (Å²) in [5, 5.41) is 7.89. The number of hydrogen-bond donors (Lipinski definition) is 2. The third-order valence-corrected chi connectivity index (χ3v) is 4.69. The number of hydrogen-bond acceptors (Lipinski definition) is 4. The average molecular weight is 315 g/mol. The number of ether oxygens (including phenoxy) is 1. The van der Waals surface area contributed by atoms with E-state index in [1.807, 2.05) is 6.92 Å². The van der Waals surface area contributed by atoms with Crippen molar-refractivity contribution in [2.24, 2.45) is 5.14 Å². The lowest BCUT2D eigenvalue weighted by molar-refractivity contribution is 0.0857. The van der Waals surface area contributed by atoms with Gasteiger partial charge in [0.05, 0.1) is 6.10 Å². The van der Waals surface area contributed by atoms with E-state index in [0.717, 1.165) is 19.3 Å². The molecule has 1 unspecified atom stereocenters. The minimum atomic E-state index is -3.82. The molecule has 0 spiro atoms. The first-order chi connectivity index (χ1) is 9.82. The Bertz CT molecular complexity index is 619. The van der Waals surface area contributed by atoms with E-state index in [1.165, 1.54) is 12.3 Å². The van der Waals surface area contributed by atoms with Crippen LogP contribution in [0.25, 0.3) is 0 Å². The van der Waals surface area contributed by atoms with Crippen LogP contribution in [0.4, 0.5) is 0 Å². The average Bonchev–Trinajstić information content (AvgIpc) is 2.78. The molecule has 1 atom stereocenters. The van der Waals surface area contributed by atoms with E-state index in [4.69, 9.17) is 9.88 Å². The highest BCUT2D eigenvalue weighted by Crippen LogP contribution is 2.34. The zero-order valence-electron chi connectivity index (χ0n) is 12.2. The van der Waals surface area contributed by atoms with Crippen LogP contribution in [-0.4, -0.2) is 38.7 Å². The number of carbonyl (C=O) groups is 1. The number of nitrogens with two attached hydrogens (primary N) is 1. The summed E-state index contributed by atoms with van der Waals surface area (Å²) in [6.45, 7) is 2.19. The highest BCUT2D eigenvalue weighted by atomic mass is 32.2. The topological polar surface area (TPSA) is 103 Å². The van der Waals surface area contributed by atoms with Gasteiger partial charge in [0.1, 0.15) is 10.6 Å². The van der Waals surface area contributed by atoms with Gasteiger partial charge in [-0.1, -0.05) is 0 Å². The Hall–Kier alpha value is -1.38. The largest absolute Gasteiger partial charge is 0.380 e. The first-order valence-electron chi connectivity index (χ1n) is 6.88. The van der Waals surface area contributed by atoms with Crippen molar-refractivity contribution in [3.8, 4) is 0 Å². The van der Waals surface area contributed by atoms with Crippen LogP contribution in [0.5, 0.6) is 0 Å². The molecular weight excluding hydrogens is 294 g/mol. The van der Waals surface area contributed by atoms with Gasteiger partial charge in [-0.25, -0.2) is 13.6 Å². The molecule has 1 aliphatic rings. The van der Waals surface area contributed by atoms with Gasteiger partial charge in [0.15, 0.2) is 0 Å². The quantitative estimate of drug-likeness (QED) is 0.803. The smallest absolute Gasteiger partial charge is 0.268 e. The SMILES string of the molecule is COC(C)CNC(=O)c1cc(S(N)(=O)=O)cn1C1CCC1. The monoisotopic (exact) mass is 315 g/mol. The number of nitrogens with zero attached hydrogens (tertiary/aromatic N) is 1. The molecule has 0 bridgehead atoms. The lowest BCUT2D eigenvalue weighted by atomic mass is 9.93. The summed E-state index contributed by atoms with van der Waals surface area (Å²) in [7, 11) is -2.25. The van der Waals surface area contributed by atoms with Gasteiger partial charge in [-0.15, -0.1) is 0 Å². The summed E-state index contributed by atoms with van der Waals surface area (Å²) in [6.07, 6.45) is 4.29. The number of primary sulfonamides is 1. The van der Waals surface area contributed by atoms with Gasteiger partial charge in [-0.05, 0) is 32.3 Å². The summed E-state index contributed by atoms with van der Waals surface area (Å²) >= 11 is 0. The molecule has 1 saturated carbocycles. The fourth-order valence-electron chi connectivity index (χ4n) is 2.17. The summed E-state index contributed by atoms with van der Waals surface area (Å²) < 4.78 is 29.7. The Morgan fingerprint density at radius 1 is 1.57 bits per heavy atom. The molecule has 0 saturated heterocycles. The van der Waals surface area contributed by atoms with Gasteiger partial charge in [-0.3, -0.25) is 4.79 Å². The maximum Gasteiger partial charge on any atom is 0.268 e. The van der Waals surface area contributed by atoms with E-state index >= 15 is 0 Å². The van der Waals surface area contributed by atoms with Gasteiger partial charge in [0, 0.05) is 25.9 Å². The molecule has 1 fully saturated rings. The second-order valence-corrected chi connectivity index (χ2v) is 6.92. The normalized spacial score (nSPS) is 17.3. The summed E-state index contributed by atoms with van der Waals surface area (Å²) in [5.41, 5.74) is 0.326. The highest BCUT2D eigenvalue weighted by Gasteiger charge is 2.27. The van der Waals surface area contributed by atoms with Crippen molar-refractivity contribution in [3.05, 3.63) is 18.0 Å². The zero-order valence-corrected chi connectivity index (χ0v) is 13.0. The van der Waals surface area contributed by atoms with Crippen molar-refractivity contribution >= 4 is 15.9 Å². The highest BCUT2D eigenvalue weighted by molar-refractivity contribution is 7.89. The Kier molecular flexibility index (Phi) is 4.70. The molecule has 8 heteroatoms. The van der Waals surface area contributed by atoms with E-state index in [2.05, 4.69) is 5.32 Å². The molecule has 7 nitrogen and oxygen atoms in total. The first kappa shape index (κ1) is 16.0. The van der Waals surface area contributed by atoms with Crippen LogP contribution in [0.1, 0.15) is 42.7 Å². The molecule has 1 heterocycles. The molecule has 1 aliphatic carbocycles. The standard InChI is InChI=1S/C13H21N3O4S/c1-9(20-2)7-15-13(17)12-6-11(21(14,18)19)8-16(12)10-4-3-5-10/h6,8-10H,3-5,7H2,1-2H3,(H,15,17)(H2,14,18,19). The number of carbonyl (C=O) groups excluding carboxylic acids is 1. The van der Waals surface area contributed by atoms with E-state index in [1.54, 1.807) is 11.7 Å². The molecule has 0 aliphatic heterocycles. The number of amides is 1. The molecular formula is C13H21N3O4S. The van der Waals surface area contributed by atoms with E-state index in [9.17, 15) is 13.2 Å². The van der Waals surface area contributed by atoms with Crippen LogP contribution in [0.3, 0.4) is 0 Å². The number of aromatic nitrogens is 1. The zero-order chi connectivity index (χ0) is 15.6. The molecule has 3 N–H and O–H groups in total. The van der Waals surface area contributed by atoms with Crippen LogP contribution < -0.4 is 10.5 Å². The lowest BCUT2D eigenvalue weighted by Crippen LogP contribution is -2.33. The molecule has 1 amide bonds. The summed E-state index contributed by atoms with van der Waals surface area (Å²) in [5.74, 6) is -0.319. The second-order valence-electron chi connectivity index (χ2n) is 5.35. The van der Waals surface area contributed by atoms with Crippen LogP contribution in [0, 0.1) is 0 Å². The third-order valence-electron chi connectivity index (χ3n) is 3.81. The van der Waals surface area contributed by atoms with Crippen LogP contribution in [0.2, 0.25) is 0 Å². The fraction of sp³-hybridized carbons (Fsp3) is 0.615. The van der Waals surface area contributed by atoms with Crippen LogP contribution in [0.15, 0.2) is 17.2 Å². The Balaban J connectivity index is 2.24. The van der Waals surface area contributed by atoms with Crippen molar-refractivity contribution in [2.45, 2.75) is 43.2 Å². The number of rotatable bonds is 6. The molecule has 118 valence electrons. The van der Waals surface area contributed by atoms with Crippen LogP contribution >= 0.6 is 0 Å². The third kappa shape index (κ3) is 3.63. The van der Waals surface area contributed by atoms with E-state index in [-0.39, 0.29) is 22.9 Å². The van der Waals surface area contributed by atoms with Gasteiger partial charge in [0.2, 0.25) is 10.0 Å². The minimum Gasteiger partial charge on any atom is -0.380 e.